The lowest BCUT2D eigenvalue weighted by molar-refractivity contribution is -0.132. The van der Waals surface area contributed by atoms with Gasteiger partial charge in [-0.3, -0.25) is 14.6 Å². The van der Waals surface area contributed by atoms with Crippen LogP contribution in [0.5, 0.6) is 5.75 Å². The molecular weight excluding hydrogens is 294 g/mol. The lowest BCUT2D eigenvalue weighted by atomic mass is 10.1. The number of pyridine rings is 1. The molecule has 0 atom stereocenters. The van der Waals surface area contributed by atoms with E-state index in [1.54, 1.807) is 37.6 Å². The Balaban J connectivity index is 1.78. The second kappa shape index (κ2) is 7.93. The van der Waals surface area contributed by atoms with Gasteiger partial charge in [0.05, 0.1) is 13.0 Å². The van der Waals surface area contributed by atoms with Gasteiger partial charge in [-0.25, -0.2) is 0 Å². The molecule has 0 saturated heterocycles. The van der Waals surface area contributed by atoms with Crippen molar-refractivity contribution in [3.8, 4) is 5.75 Å². The molecule has 1 heterocycles. The molecule has 0 saturated carbocycles. The maximum absolute atomic E-state index is 12.0. The molecule has 120 valence electrons. The molecular formula is C17H19N3O3. The van der Waals surface area contributed by atoms with Crippen LogP contribution in [0, 0.1) is 0 Å². The molecule has 1 aromatic heterocycles. The first-order chi connectivity index (χ1) is 11.0. The summed E-state index contributed by atoms with van der Waals surface area (Å²) in [6.45, 7) is 0.378. The minimum absolute atomic E-state index is 0.0611. The van der Waals surface area contributed by atoms with Crippen molar-refractivity contribution in [1.29, 1.82) is 0 Å². The minimum Gasteiger partial charge on any atom is -0.508 e. The maximum atomic E-state index is 12.0. The molecule has 0 bridgehead atoms. The van der Waals surface area contributed by atoms with Crippen LogP contribution in [-0.4, -0.2) is 40.4 Å². The number of rotatable bonds is 6. The number of nitrogens with one attached hydrogen (secondary N) is 1. The Bertz CT molecular complexity index is 674. The summed E-state index contributed by atoms with van der Waals surface area (Å²) in [5, 5.41) is 11.9. The zero-order valence-electron chi connectivity index (χ0n) is 12.9. The number of likely N-dealkylation sites (N-methyl/N-ethyl adjacent to an activating group) is 1. The highest BCUT2D eigenvalue weighted by Crippen LogP contribution is 2.11. The summed E-state index contributed by atoms with van der Waals surface area (Å²) in [4.78, 5) is 29.4. The molecule has 6 nitrogen and oxygen atoms in total. The Morgan fingerprint density at radius 3 is 2.70 bits per heavy atom. The van der Waals surface area contributed by atoms with Crippen LogP contribution in [0.2, 0.25) is 0 Å². The van der Waals surface area contributed by atoms with E-state index in [4.69, 9.17) is 0 Å². The lowest BCUT2D eigenvalue weighted by Gasteiger charge is -2.17. The number of aromatic hydroxyl groups is 1. The number of nitrogens with zero attached hydrogens (tertiary/aromatic N) is 2. The fourth-order valence-corrected chi connectivity index (χ4v) is 2.08. The van der Waals surface area contributed by atoms with E-state index in [0.717, 1.165) is 5.56 Å². The van der Waals surface area contributed by atoms with E-state index in [0.29, 0.717) is 12.1 Å². The van der Waals surface area contributed by atoms with E-state index >= 15 is 0 Å². The van der Waals surface area contributed by atoms with Gasteiger partial charge in [0.25, 0.3) is 0 Å². The molecule has 23 heavy (non-hydrogen) atoms. The van der Waals surface area contributed by atoms with E-state index in [9.17, 15) is 14.7 Å². The summed E-state index contributed by atoms with van der Waals surface area (Å²) in [5.74, 6) is -0.334. The van der Waals surface area contributed by atoms with Crippen LogP contribution in [0.4, 0.5) is 0 Å². The Kier molecular flexibility index (Phi) is 5.68. The van der Waals surface area contributed by atoms with E-state index in [-0.39, 0.29) is 30.5 Å². The van der Waals surface area contributed by atoms with E-state index in [1.165, 1.54) is 11.0 Å². The van der Waals surface area contributed by atoms with Crippen molar-refractivity contribution in [1.82, 2.24) is 15.2 Å². The number of amides is 2. The summed E-state index contributed by atoms with van der Waals surface area (Å²) in [6.07, 6.45) is 3.49. The fraction of sp³-hybridized carbons (Fsp3) is 0.235. The second-order valence-electron chi connectivity index (χ2n) is 5.23. The Labute approximate surface area is 134 Å². The van der Waals surface area contributed by atoms with Crippen LogP contribution in [0.25, 0.3) is 0 Å². The van der Waals surface area contributed by atoms with E-state index in [2.05, 4.69) is 10.3 Å². The van der Waals surface area contributed by atoms with Crippen LogP contribution in [-0.2, 0) is 22.6 Å². The summed E-state index contributed by atoms with van der Waals surface area (Å²) < 4.78 is 0. The third kappa shape index (κ3) is 5.43. The molecule has 0 radical (unpaired) electrons. The maximum Gasteiger partial charge on any atom is 0.242 e. The largest absolute Gasteiger partial charge is 0.508 e. The zero-order valence-corrected chi connectivity index (χ0v) is 12.9. The van der Waals surface area contributed by atoms with Crippen molar-refractivity contribution in [2.45, 2.75) is 13.0 Å². The van der Waals surface area contributed by atoms with Crippen LogP contribution in [0.1, 0.15) is 11.1 Å². The fourth-order valence-electron chi connectivity index (χ4n) is 2.08. The molecule has 0 spiro atoms. The van der Waals surface area contributed by atoms with Gasteiger partial charge in [-0.1, -0.05) is 18.2 Å². The monoisotopic (exact) mass is 313 g/mol. The Morgan fingerprint density at radius 1 is 1.22 bits per heavy atom. The number of hydrogen-bond donors (Lipinski definition) is 2. The summed E-state index contributed by atoms with van der Waals surface area (Å²) in [5.41, 5.74) is 1.62. The number of aromatic nitrogens is 1. The van der Waals surface area contributed by atoms with Crippen molar-refractivity contribution < 1.29 is 14.7 Å². The number of hydrogen-bond acceptors (Lipinski definition) is 4. The number of phenolic OH excluding ortho intramolecular Hbond substituents is 1. The molecule has 2 N–H and O–H groups in total. The molecule has 2 aromatic rings. The van der Waals surface area contributed by atoms with Gasteiger partial charge in [-0.05, 0) is 29.3 Å². The Morgan fingerprint density at radius 2 is 2.00 bits per heavy atom. The van der Waals surface area contributed by atoms with Gasteiger partial charge >= 0.3 is 0 Å². The van der Waals surface area contributed by atoms with Crippen LogP contribution in [0.15, 0.2) is 48.8 Å². The van der Waals surface area contributed by atoms with Crippen molar-refractivity contribution in [3.63, 3.8) is 0 Å². The third-order valence-corrected chi connectivity index (χ3v) is 3.28. The van der Waals surface area contributed by atoms with Crippen molar-refractivity contribution in [3.05, 3.63) is 59.9 Å². The first-order valence-electron chi connectivity index (χ1n) is 7.22. The molecule has 0 aliphatic rings. The van der Waals surface area contributed by atoms with Crippen molar-refractivity contribution in [2.24, 2.45) is 0 Å². The first kappa shape index (κ1) is 16.5. The van der Waals surface area contributed by atoms with E-state index < -0.39 is 0 Å². The lowest BCUT2D eigenvalue weighted by Crippen LogP contribution is -2.38. The quantitative estimate of drug-likeness (QED) is 0.837. The molecule has 0 fully saturated rings. The highest BCUT2D eigenvalue weighted by Gasteiger charge is 2.11. The van der Waals surface area contributed by atoms with Gasteiger partial charge in [0.15, 0.2) is 0 Å². The average molecular weight is 313 g/mol. The summed E-state index contributed by atoms with van der Waals surface area (Å²) >= 11 is 0. The van der Waals surface area contributed by atoms with Gasteiger partial charge in [0, 0.05) is 26.0 Å². The van der Waals surface area contributed by atoms with Gasteiger partial charge in [0.2, 0.25) is 11.8 Å². The second-order valence-corrected chi connectivity index (χ2v) is 5.23. The van der Waals surface area contributed by atoms with Gasteiger partial charge in [-0.15, -0.1) is 0 Å². The number of phenols is 1. The standard InChI is InChI=1S/C17H19N3O3/c1-20(12-14-5-3-7-18-10-14)17(23)11-19-16(22)9-13-4-2-6-15(21)8-13/h2-8,10,21H,9,11-12H2,1H3,(H,19,22). The SMILES string of the molecule is CN(Cc1cccnc1)C(=O)CNC(=O)Cc1cccc(O)c1. The zero-order chi connectivity index (χ0) is 16.7. The summed E-state index contributed by atoms with van der Waals surface area (Å²) in [7, 11) is 1.68. The molecule has 1 aromatic carbocycles. The van der Waals surface area contributed by atoms with Crippen LogP contribution < -0.4 is 5.32 Å². The van der Waals surface area contributed by atoms with Crippen molar-refractivity contribution >= 4 is 11.8 Å². The van der Waals surface area contributed by atoms with Crippen LogP contribution in [0.3, 0.4) is 0 Å². The smallest absolute Gasteiger partial charge is 0.242 e. The summed E-state index contributed by atoms with van der Waals surface area (Å²) in [6, 6.07) is 10.2. The van der Waals surface area contributed by atoms with Gasteiger partial charge in [-0.2, -0.15) is 0 Å². The predicted octanol–water partition coefficient (Wildman–Crippen LogP) is 1.10. The van der Waals surface area contributed by atoms with Crippen molar-refractivity contribution in [2.75, 3.05) is 13.6 Å². The first-order valence-corrected chi connectivity index (χ1v) is 7.22. The number of benzene rings is 1. The van der Waals surface area contributed by atoms with Gasteiger partial charge < -0.3 is 15.3 Å². The number of carbonyl (C=O) groups excluding carboxylic acids is 2. The molecule has 6 heteroatoms. The molecule has 2 rings (SSSR count). The molecule has 2 amide bonds. The van der Waals surface area contributed by atoms with Gasteiger partial charge in [0.1, 0.15) is 5.75 Å². The highest BCUT2D eigenvalue weighted by molar-refractivity contribution is 5.85. The minimum atomic E-state index is -0.265. The molecule has 0 unspecified atom stereocenters. The topological polar surface area (TPSA) is 82.5 Å². The Hall–Kier alpha value is -2.89. The average Bonchev–Trinajstić information content (AvgIpc) is 2.53. The van der Waals surface area contributed by atoms with Crippen LogP contribution >= 0.6 is 0 Å². The highest BCUT2D eigenvalue weighted by atomic mass is 16.3. The number of carbonyl (C=O) groups is 2. The molecule has 0 aliphatic carbocycles. The predicted molar refractivity (Wildman–Crippen MR) is 85.5 cm³/mol. The third-order valence-electron chi connectivity index (χ3n) is 3.28. The van der Waals surface area contributed by atoms with E-state index in [1.807, 2.05) is 12.1 Å². The molecule has 0 aliphatic heterocycles. The normalized spacial score (nSPS) is 10.1.